The van der Waals surface area contributed by atoms with Gasteiger partial charge in [-0.2, -0.15) is 0 Å². The molecule has 0 radical (unpaired) electrons. The molecule has 7 nitrogen and oxygen atoms in total. The van der Waals surface area contributed by atoms with Gasteiger partial charge in [0.15, 0.2) is 6.20 Å². The lowest BCUT2D eigenvalue weighted by atomic mass is 10.3. The Morgan fingerprint density at radius 3 is 2.67 bits per heavy atom. The van der Waals surface area contributed by atoms with Crippen molar-refractivity contribution >= 4 is 17.5 Å². The number of aromatic amines is 1. The van der Waals surface area contributed by atoms with Crippen LogP contribution in [0.4, 0.5) is 11.5 Å². The number of aromatic nitrogens is 1. The van der Waals surface area contributed by atoms with Crippen LogP contribution in [0, 0.1) is 10.1 Å². The number of carbonyl (C=O) groups excluding carboxylic acids is 1. The minimum atomic E-state index is -1.25. The second-order valence-corrected chi connectivity index (χ2v) is 2.90. The summed E-state index contributed by atoms with van der Waals surface area (Å²) in [6, 6.07) is 1.78. The molecule has 0 aliphatic heterocycles. The van der Waals surface area contributed by atoms with Gasteiger partial charge in [-0.25, -0.2) is 4.98 Å². The van der Waals surface area contributed by atoms with E-state index in [1.165, 1.54) is 25.3 Å². The standard InChI is InChI=1S/C8H9N3O4/c1-5(8(12)13)10-7-3-2-6(4-9-7)11(14)15/h2-5H,1H3,(H,9,10)(H,12,13)/t5-/m0/s1. The van der Waals surface area contributed by atoms with Gasteiger partial charge in [-0.05, 0) is 6.92 Å². The van der Waals surface area contributed by atoms with Gasteiger partial charge in [-0.1, -0.05) is 0 Å². The molecular weight excluding hydrogens is 202 g/mol. The maximum absolute atomic E-state index is 10.4. The number of nitrogens with one attached hydrogen (secondary N) is 2. The van der Waals surface area contributed by atoms with Crippen molar-refractivity contribution in [2.24, 2.45) is 0 Å². The fraction of sp³-hybridized carbons (Fsp3) is 0.250. The minimum absolute atomic E-state index is 0.0957. The molecule has 2 N–H and O–H groups in total. The van der Waals surface area contributed by atoms with Gasteiger partial charge in [-0.15, -0.1) is 0 Å². The van der Waals surface area contributed by atoms with Crippen LogP contribution < -0.4 is 15.4 Å². The molecule has 1 rings (SSSR count). The zero-order valence-corrected chi connectivity index (χ0v) is 7.89. The third-order valence-electron chi connectivity index (χ3n) is 1.73. The Balaban J connectivity index is 2.72. The summed E-state index contributed by atoms with van der Waals surface area (Å²) in [5.74, 6) is -0.876. The average molecular weight is 211 g/mol. The predicted molar refractivity (Wildman–Crippen MR) is 47.7 cm³/mol. The molecule has 1 aromatic heterocycles. The highest BCUT2D eigenvalue weighted by Crippen LogP contribution is 2.08. The maximum atomic E-state index is 10.4. The van der Waals surface area contributed by atoms with Gasteiger partial charge in [0.2, 0.25) is 0 Å². The summed E-state index contributed by atoms with van der Waals surface area (Å²) < 4.78 is 0. The number of H-pyrrole nitrogens is 1. The van der Waals surface area contributed by atoms with Crippen LogP contribution in [-0.4, -0.2) is 16.9 Å². The van der Waals surface area contributed by atoms with Crippen molar-refractivity contribution in [2.45, 2.75) is 13.0 Å². The van der Waals surface area contributed by atoms with Crippen LogP contribution >= 0.6 is 0 Å². The van der Waals surface area contributed by atoms with Crippen molar-refractivity contribution < 1.29 is 19.8 Å². The second kappa shape index (κ2) is 4.36. The van der Waals surface area contributed by atoms with Crippen molar-refractivity contribution in [3.8, 4) is 0 Å². The number of aliphatic carboxylic acids is 1. The van der Waals surface area contributed by atoms with Crippen LogP contribution in [0.2, 0.25) is 0 Å². The molecule has 0 aromatic carbocycles. The molecule has 0 fully saturated rings. The number of hydrogen-bond acceptors (Lipinski definition) is 5. The lowest BCUT2D eigenvalue weighted by molar-refractivity contribution is -0.413. The Bertz CT molecular complexity index is 376. The summed E-state index contributed by atoms with van der Waals surface area (Å²) >= 11 is 0. The second-order valence-electron chi connectivity index (χ2n) is 2.90. The van der Waals surface area contributed by atoms with Gasteiger partial charge >= 0.3 is 5.69 Å². The Morgan fingerprint density at radius 1 is 1.60 bits per heavy atom. The largest absolute Gasteiger partial charge is 0.546 e. The number of nitro groups is 1. The Labute approximate surface area is 84.9 Å². The number of anilines is 1. The average Bonchev–Trinajstić information content (AvgIpc) is 2.18. The van der Waals surface area contributed by atoms with Crippen molar-refractivity contribution in [3.05, 3.63) is 28.4 Å². The molecule has 0 bridgehead atoms. The van der Waals surface area contributed by atoms with Gasteiger partial charge < -0.3 is 9.90 Å². The molecule has 0 unspecified atom stereocenters. The lowest BCUT2D eigenvalue weighted by Crippen LogP contribution is -2.39. The smallest absolute Gasteiger partial charge is 0.308 e. The van der Waals surface area contributed by atoms with E-state index in [0.717, 1.165) is 0 Å². The highest BCUT2D eigenvalue weighted by atomic mass is 16.6. The fourth-order valence-corrected chi connectivity index (χ4v) is 0.912. The van der Waals surface area contributed by atoms with Crippen LogP contribution in [0.25, 0.3) is 0 Å². The van der Waals surface area contributed by atoms with Crippen LogP contribution in [0.3, 0.4) is 0 Å². The van der Waals surface area contributed by atoms with Crippen molar-refractivity contribution in [1.82, 2.24) is 0 Å². The first-order valence-electron chi connectivity index (χ1n) is 4.14. The molecule has 15 heavy (non-hydrogen) atoms. The summed E-state index contributed by atoms with van der Waals surface area (Å²) in [5.41, 5.74) is -0.0957. The number of carboxylic acid groups (broad SMARTS) is 1. The number of nitrogens with zero attached hydrogens (tertiary/aromatic N) is 1. The van der Waals surface area contributed by atoms with Crippen molar-refractivity contribution in [1.29, 1.82) is 0 Å². The molecule has 0 aliphatic carbocycles. The molecule has 0 saturated carbocycles. The van der Waals surface area contributed by atoms with E-state index in [2.05, 4.69) is 10.3 Å². The van der Waals surface area contributed by atoms with Crippen LogP contribution in [0.15, 0.2) is 18.3 Å². The van der Waals surface area contributed by atoms with Gasteiger partial charge in [-0.3, -0.25) is 15.4 Å². The van der Waals surface area contributed by atoms with E-state index in [4.69, 9.17) is 0 Å². The quantitative estimate of drug-likeness (QED) is 0.505. The Kier molecular flexibility index (Phi) is 3.17. The van der Waals surface area contributed by atoms with Gasteiger partial charge in [0, 0.05) is 12.1 Å². The summed E-state index contributed by atoms with van der Waals surface area (Å²) in [5, 5.41) is 23.3. The highest BCUT2D eigenvalue weighted by Gasteiger charge is 2.12. The van der Waals surface area contributed by atoms with E-state index in [1.807, 2.05) is 0 Å². The molecule has 0 amide bonds. The van der Waals surface area contributed by atoms with Crippen molar-refractivity contribution in [3.63, 3.8) is 0 Å². The molecule has 0 aliphatic rings. The van der Waals surface area contributed by atoms with Gasteiger partial charge in [0.05, 0.1) is 10.9 Å². The normalized spacial score (nSPS) is 11.8. The molecule has 1 heterocycles. The highest BCUT2D eigenvalue weighted by molar-refractivity contribution is 5.73. The third-order valence-corrected chi connectivity index (χ3v) is 1.73. The molecule has 1 aromatic rings. The third kappa shape index (κ3) is 2.90. The van der Waals surface area contributed by atoms with E-state index < -0.39 is 16.9 Å². The SMILES string of the molecule is C[C@H](Nc1ccc([N+](=O)[O-])c[nH+]1)C(=O)[O-]. The number of carbonyl (C=O) groups is 1. The zero-order chi connectivity index (χ0) is 11.4. The summed E-state index contributed by atoms with van der Waals surface area (Å²) in [7, 11) is 0. The fourth-order valence-electron chi connectivity index (χ4n) is 0.912. The zero-order valence-electron chi connectivity index (χ0n) is 7.89. The number of hydrogen-bond donors (Lipinski definition) is 1. The first-order valence-corrected chi connectivity index (χ1v) is 4.14. The molecule has 80 valence electrons. The molecular formula is C8H9N3O4. The van der Waals surface area contributed by atoms with E-state index in [-0.39, 0.29) is 5.69 Å². The van der Waals surface area contributed by atoms with E-state index in [1.54, 1.807) is 0 Å². The first-order chi connectivity index (χ1) is 7.00. The van der Waals surface area contributed by atoms with E-state index in [0.29, 0.717) is 5.82 Å². The topological polar surface area (TPSA) is 109 Å². The van der Waals surface area contributed by atoms with Crippen LogP contribution in [-0.2, 0) is 4.79 Å². The summed E-state index contributed by atoms with van der Waals surface area (Å²) in [6.07, 6.45) is 1.17. The maximum Gasteiger partial charge on any atom is 0.308 e. The Hall–Kier alpha value is -2.18. The lowest BCUT2D eigenvalue weighted by Gasteiger charge is -2.08. The summed E-state index contributed by atoms with van der Waals surface area (Å²) in [4.78, 5) is 22.7. The van der Waals surface area contributed by atoms with E-state index in [9.17, 15) is 20.0 Å². The number of rotatable bonds is 4. The monoisotopic (exact) mass is 211 g/mol. The Morgan fingerprint density at radius 2 is 2.27 bits per heavy atom. The predicted octanol–water partition coefficient (Wildman–Crippen LogP) is -1.04. The van der Waals surface area contributed by atoms with Gasteiger partial charge in [0.1, 0.15) is 6.04 Å². The van der Waals surface area contributed by atoms with Gasteiger partial charge in [0.25, 0.3) is 5.82 Å². The number of pyridine rings is 1. The molecule has 1 atom stereocenters. The summed E-state index contributed by atoms with van der Waals surface area (Å²) in [6.45, 7) is 1.41. The van der Waals surface area contributed by atoms with Crippen molar-refractivity contribution in [2.75, 3.05) is 5.32 Å². The number of carboxylic acids is 1. The van der Waals surface area contributed by atoms with Crippen LogP contribution in [0.1, 0.15) is 6.92 Å². The molecule has 7 heteroatoms. The minimum Gasteiger partial charge on any atom is -0.546 e. The molecule has 0 spiro atoms. The molecule has 0 saturated heterocycles. The first kappa shape index (κ1) is 10.9. The van der Waals surface area contributed by atoms with Crippen LogP contribution in [0.5, 0.6) is 0 Å². The van der Waals surface area contributed by atoms with E-state index >= 15 is 0 Å².